The maximum atomic E-state index is 9.81. The molecule has 1 heterocycles. The molecular formula is C15H21ClN2O. The summed E-state index contributed by atoms with van der Waals surface area (Å²) in [5.41, 5.74) is 2.25. The first-order chi connectivity index (χ1) is 9.06. The summed E-state index contributed by atoms with van der Waals surface area (Å²) < 4.78 is 0. The fourth-order valence-electron chi connectivity index (χ4n) is 2.31. The third-order valence-corrected chi connectivity index (χ3v) is 3.40. The molecule has 0 aliphatic heterocycles. The van der Waals surface area contributed by atoms with Crippen molar-refractivity contribution in [1.82, 2.24) is 10.3 Å². The zero-order valence-corrected chi connectivity index (χ0v) is 12.2. The van der Waals surface area contributed by atoms with Gasteiger partial charge >= 0.3 is 0 Å². The van der Waals surface area contributed by atoms with Gasteiger partial charge < -0.3 is 15.4 Å². The maximum absolute atomic E-state index is 9.81. The molecule has 1 unspecified atom stereocenters. The third kappa shape index (κ3) is 3.96. The highest BCUT2D eigenvalue weighted by Gasteiger charge is 2.08. The highest BCUT2D eigenvalue weighted by atomic mass is 35.5. The van der Waals surface area contributed by atoms with E-state index in [0.29, 0.717) is 12.5 Å². The van der Waals surface area contributed by atoms with Gasteiger partial charge in [-0.1, -0.05) is 31.5 Å². The molecule has 0 bridgehead atoms. The Morgan fingerprint density at radius 1 is 1.37 bits per heavy atom. The molecule has 104 valence electrons. The fourth-order valence-corrected chi connectivity index (χ4v) is 2.48. The van der Waals surface area contributed by atoms with E-state index in [0.717, 1.165) is 23.5 Å². The molecule has 0 amide bonds. The van der Waals surface area contributed by atoms with Gasteiger partial charge in [0.15, 0.2) is 0 Å². The number of aliphatic hydroxyl groups is 1. The number of H-pyrrole nitrogens is 1. The van der Waals surface area contributed by atoms with Crippen LogP contribution in [0.25, 0.3) is 10.9 Å². The monoisotopic (exact) mass is 280 g/mol. The SMILES string of the molecule is CC(C)CC(O)CNCc1c[nH]c2cc(Cl)ccc12. The molecule has 0 radical (unpaired) electrons. The second-order valence-electron chi connectivity index (χ2n) is 5.42. The number of hydrogen-bond acceptors (Lipinski definition) is 2. The summed E-state index contributed by atoms with van der Waals surface area (Å²) in [5, 5.41) is 15.0. The molecule has 1 aromatic heterocycles. The Labute approximate surface area is 119 Å². The molecule has 2 rings (SSSR count). The van der Waals surface area contributed by atoms with E-state index in [1.807, 2.05) is 24.4 Å². The van der Waals surface area contributed by atoms with Gasteiger partial charge in [-0.05, 0) is 30.0 Å². The Hall–Kier alpha value is -1.03. The van der Waals surface area contributed by atoms with Crippen LogP contribution in [0.1, 0.15) is 25.8 Å². The summed E-state index contributed by atoms with van der Waals surface area (Å²) >= 11 is 5.95. The topological polar surface area (TPSA) is 48.0 Å². The van der Waals surface area contributed by atoms with E-state index in [9.17, 15) is 5.11 Å². The van der Waals surface area contributed by atoms with Crippen molar-refractivity contribution in [3.63, 3.8) is 0 Å². The highest BCUT2D eigenvalue weighted by molar-refractivity contribution is 6.31. The highest BCUT2D eigenvalue weighted by Crippen LogP contribution is 2.21. The lowest BCUT2D eigenvalue weighted by molar-refractivity contribution is 0.146. The summed E-state index contributed by atoms with van der Waals surface area (Å²) in [6.07, 6.45) is 2.54. The van der Waals surface area contributed by atoms with Crippen molar-refractivity contribution >= 4 is 22.5 Å². The van der Waals surface area contributed by atoms with Crippen molar-refractivity contribution in [2.75, 3.05) is 6.54 Å². The summed E-state index contributed by atoms with van der Waals surface area (Å²) in [6.45, 7) is 5.61. The minimum Gasteiger partial charge on any atom is -0.392 e. The number of aromatic nitrogens is 1. The van der Waals surface area contributed by atoms with Crippen molar-refractivity contribution in [3.8, 4) is 0 Å². The van der Waals surface area contributed by atoms with Crippen LogP contribution in [0.15, 0.2) is 24.4 Å². The van der Waals surface area contributed by atoms with E-state index in [-0.39, 0.29) is 6.10 Å². The third-order valence-electron chi connectivity index (χ3n) is 3.17. The lowest BCUT2D eigenvalue weighted by atomic mass is 10.1. The standard InChI is InChI=1S/C15H21ClN2O/c1-10(2)5-13(19)9-17-7-11-8-18-15-6-12(16)3-4-14(11)15/h3-4,6,8,10,13,17-19H,5,7,9H2,1-2H3. The molecule has 2 aromatic rings. The Morgan fingerprint density at radius 2 is 2.16 bits per heavy atom. The van der Waals surface area contributed by atoms with Crippen LogP contribution in [-0.4, -0.2) is 22.7 Å². The van der Waals surface area contributed by atoms with E-state index in [1.165, 1.54) is 10.9 Å². The average molecular weight is 281 g/mol. The van der Waals surface area contributed by atoms with Gasteiger partial charge in [0.1, 0.15) is 0 Å². The number of rotatable bonds is 6. The van der Waals surface area contributed by atoms with E-state index in [2.05, 4.69) is 24.1 Å². The van der Waals surface area contributed by atoms with Gasteiger partial charge in [0.25, 0.3) is 0 Å². The largest absolute Gasteiger partial charge is 0.392 e. The molecule has 0 fully saturated rings. The Morgan fingerprint density at radius 3 is 2.89 bits per heavy atom. The van der Waals surface area contributed by atoms with Crippen molar-refractivity contribution in [2.24, 2.45) is 5.92 Å². The Bertz CT molecular complexity index is 536. The number of benzene rings is 1. The first-order valence-corrected chi connectivity index (χ1v) is 7.08. The molecule has 0 saturated heterocycles. The van der Waals surface area contributed by atoms with Crippen LogP contribution >= 0.6 is 11.6 Å². The van der Waals surface area contributed by atoms with Crippen LogP contribution in [0.3, 0.4) is 0 Å². The van der Waals surface area contributed by atoms with Crippen LogP contribution in [0.4, 0.5) is 0 Å². The molecule has 0 aliphatic carbocycles. The van der Waals surface area contributed by atoms with Crippen molar-refractivity contribution in [3.05, 3.63) is 35.0 Å². The number of fused-ring (bicyclic) bond motifs is 1. The lowest BCUT2D eigenvalue weighted by Gasteiger charge is -2.13. The van der Waals surface area contributed by atoms with Gasteiger partial charge in [0.05, 0.1) is 6.10 Å². The number of nitrogens with one attached hydrogen (secondary N) is 2. The lowest BCUT2D eigenvalue weighted by Crippen LogP contribution is -2.27. The predicted octanol–water partition coefficient (Wildman–Crippen LogP) is 3.32. The zero-order valence-electron chi connectivity index (χ0n) is 11.4. The number of hydrogen-bond donors (Lipinski definition) is 3. The molecule has 4 heteroatoms. The molecule has 3 N–H and O–H groups in total. The molecule has 19 heavy (non-hydrogen) atoms. The normalized spacial score (nSPS) is 13.3. The van der Waals surface area contributed by atoms with Gasteiger partial charge in [0, 0.05) is 35.2 Å². The first kappa shape index (κ1) is 14.4. The minimum atomic E-state index is -0.278. The first-order valence-electron chi connectivity index (χ1n) is 6.70. The Kier molecular flexibility index (Phi) is 4.86. The summed E-state index contributed by atoms with van der Waals surface area (Å²) in [4.78, 5) is 3.21. The molecule has 1 atom stereocenters. The molecule has 0 aliphatic rings. The summed E-state index contributed by atoms with van der Waals surface area (Å²) in [7, 11) is 0. The predicted molar refractivity (Wildman–Crippen MR) is 80.5 cm³/mol. The van der Waals surface area contributed by atoms with Crippen LogP contribution in [0, 0.1) is 5.92 Å². The van der Waals surface area contributed by atoms with Crippen LogP contribution in [0.5, 0.6) is 0 Å². The smallest absolute Gasteiger partial charge is 0.0667 e. The van der Waals surface area contributed by atoms with Crippen molar-refractivity contribution < 1.29 is 5.11 Å². The van der Waals surface area contributed by atoms with E-state index >= 15 is 0 Å². The molecule has 1 aromatic carbocycles. The van der Waals surface area contributed by atoms with Crippen LogP contribution in [-0.2, 0) is 6.54 Å². The molecule has 0 spiro atoms. The molecule has 0 saturated carbocycles. The summed E-state index contributed by atoms with van der Waals surface area (Å²) in [6, 6.07) is 5.85. The quantitative estimate of drug-likeness (QED) is 0.760. The minimum absolute atomic E-state index is 0.278. The van der Waals surface area contributed by atoms with Gasteiger partial charge in [-0.2, -0.15) is 0 Å². The average Bonchev–Trinajstić information content (AvgIpc) is 2.70. The van der Waals surface area contributed by atoms with Gasteiger partial charge in [0.2, 0.25) is 0 Å². The van der Waals surface area contributed by atoms with Gasteiger partial charge in [-0.15, -0.1) is 0 Å². The van der Waals surface area contributed by atoms with Gasteiger partial charge in [-0.3, -0.25) is 0 Å². The maximum Gasteiger partial charge on any atom is 0.0667 e. The zero-order chi connectivity index (χ0) is 13.8. The molecular weight excluding hydrogens is 260 g/mol. The van der Waals surface area contributed by atoms with Gasteiger partial charge in [-0.25, -0.2) is 0 Å². The fraction of sp³-hybridized carbons (Fsp3) is 0.467. The second kappa shape index (κ2) is 6.42. The van der Waals surface area contributed by atoms with Crippen LogP contribution < -0.4 is 5.32 Å². The Balaban J connectivity index is 1.91. The van der Waals surface area contributed by atoms with E-state index < -0.39 is 0 Å². The number of halogens is 1. The molecule has 3 nitrogen and oxygen atoms in total. The van der Waals surface area contributed by atoms with Crippen LogP contribution in [0.2, 0.25) is 5.02 Å². The number of aliphatic hydroxyl groups excluding tert-OH is 1. The van der Waals surface area contributed by atoms with E-state index in [4.69, 9.17) is 11.6 Å². The second-order valence-corrected chi connectivity index (χ2v) is 5.85. The van der Waals surface area contributed by atoms with Crippen molar-refractivity contribution in [2.45, 2.75) is 32.9 Å². The summed E-state index contributed by atoms with van der Waals surface area (Å²) in [5.74, 6) is 0.520. The van der Waals surface area contributed by atoms with Crippen molar-refractivity contribution in [1.29, 1.82) is 0 Å². The van der Waals surface area contributed by atoms with E-state index in [1.54, 1.807) is 0 Å². The number of aromatic amines is 1.